The third kappa shape index (κ3) is 3.24. The van der Waals surface area contributed by atoms with Gasteiger partial charge in [0.05, 0.1) is 5.92 Å². The van der Waals surface area contributed by atoms with Gasteiger partial charge < -0.3 is 10.4 Å². The summed E-state index contributed by atoms with van der Waals surface area (Å²) in [5, 5.41) is 12.5. The van der Waals surface area contributed by atoms with Crippen molar-refractivity contribution in [3.63, 3.8) is 0 Å². The smallest absolute Gasteiger partial charge is 0.308 e. The second-order valence-corrected chi connectivity index (χ2v) is 7.33. The number of carbonyl (C=O) groups is 2. The molecule has 4 nitrogen and oxygen atoms in total. The number of amides is 1. The maximum absolute atomic E-state index is 12.2. The third-order valence-electron chi connectivity index (χ3n) is 6.03. The van der Waals surface area contributed by atoms with Gasteiger partial charge in [-0.05, 0) is 43.4 Å². The minimum atomic E-state index is -0.722. The number of aliphatic carboxylic acids is 1. The summed E-state index contributed by atoms with van der Waals surface area (Å²) in [4.78, 5) is 23.6. The highest BCUT2D eigenvalue weighted by Crippen LogP contribution is 2.48. The summed E-state index contributed by atoms with van der Waals surface area (Å²) in [7, 11) is 0. The van der Waals surface area contributed by atoms with E-state index < -0.39 is 5.97 Å². The molecule has 0 aromatic heterocycles. The van der Waals surface area contributed by atoms with Crippen molar-refractivity contribution < 1.29 is 14.7 Å². The van der Waals surface area contributed by atoms with Crippen LogP contribution in [0.2, 0.25) is 0 Å². The predicted octanol–water partition coefficient (Wildman–Crippen LogP) is 2.96. The normalized spacial score (nSPS) is 35.8. The van der Waals surface area contributed by atoms with Gasteiger partial charge in [-0.15, -0.1) is 0 Å². The number of fused-ring (bicyclic) bond motifs is 2. The molecule has 4 heteroatoms. The van der Waals surface area contributed by atoms with E-state index in [1.54, 1.807) is 0 Å². The molecule has 3 rings (SSSR count). The molecule has 0 heterocycles. The quantitative estimate of drug-likeness (QED) is 0.819. The van der Waals surface area contributed by atoms with E-state index in [9.17, 15) is 14.7 Å². The van der Waals surface area contributed by atoms with Crippen LogP contribution in [0.5, 0.6) is 0 Å². The average Bonchev–Trinajstić information content (AvgIpc) is 3.07. The third-order valence-corrected chi connectivity index (χ3v) is 6.03. The number of rotatable bonds is 5. The highest BCUT2D eigenvalue weighted by atomic mass is 16.4. The number of hydrogen-bond donors (Lipinski definition) is 2. The number of nitrogens with one attached hydrogen (secondary N) is 1. The van der Waals surface area contributed by atoms with E-state index in [4.69, 9.17) is 0 Å². The molecule has 118 valence electrons. The summed E-state index contributed by atoms with van der Waals surface area (Å²) in [6.45, 7) is 0. The van der Waals surface area contributed by atoms with Gasteiger partial charge in [-0.2, -0.15) is 0 Å². The monoisotopic (exact) mass is 293 g/mol. The predicted molar refractivity (Wildman–Crippen MR) is 79.7 cm³/mol. The molecule has 3 aliphatic rings. The fourth-order valence-electron chi connectivity index (χ4n) is 4.92. The Morgan fingerprint density at radius 2 is 1.71 bits per heavy atom. The van der Waals surface area contributed by atoms with Gasteiger partial charge in [-0.3, -0.25) is 9.59 Å². The zero-order chi connectivity index (χ0) is 14.8. The molecule has 2 N–H and O–H groups in total. The van der Waals surface area contributed by atoms with Gasteiger partial charge in [0, 0.05) is 12.5 Å². The maximum Gasteiger partial charge on any atom is 0.308 e. The molecule has 4 atom stereocenters. The Hall–Kier alpha value is -1.06. The lowest BCUT2D eigenvalue weighted by atomic mass is 9.84. The van der Waals surface area contributed by atoms with Crippen LogP contribution in [0.3, 0.4) is 0 Å². The van der Waals surface area contributed by atoms with Crippen molar-refractivity contribution in [1.29, 1.82) is 0 Å². The Balaban J connectivity index is 1.48. The van der Waals surface area contributed by atoms with E-state index in [1.165, 1.54) is 32.1 Å². The van der Waals surface area contributed by atoms with Gasteiger partial charge in [0.15, 0.2) is 0 Å². The molecule has 3 aliphatic carbocycles. The lowest BCUT2D eigenvalue weighted by Crippen LogP contribution is -2.46. The van der Waals surface area contributed by atoms with Crippen LogP contribution in [0.1, 0.15) is 64.2 Å². The molecule has 2 bridgehead atoms. The lowest BCUT2D eigenvalue weighted by Gasteiger charge is -2.29. The van der Waals surface area contributed by atoms with Crippen molar-refractivity contribution in [1.82, 2.24) is 5.32 Å². The lowest BCUT2D eigenvalue weighted by molar-refractivity contribution is -0.144. The Morgan fingerprint density at radius 3 is 2.43 bits per heavy atom. The van der Waals surface area contributed by atoms with Crippen LogP contribution >= 0.6 is 0 Å². The van der Waals surface area contributed by atoms with Crippen molar-refractivity contribution in [3.8, 4) is 0 Å². The van der Waals surface area contributed by atoms with E-state index in [-0.39, 0.29) is 23.8 Å². The van der Waals surface area contributed by atoms with Crippen LogP contribution in [-0.2, 0) is 9.59 Å². The standard InChI is InChI=1S/C17H27NO3/c19-14(9-6-11-4-2-1-3-5-11)18-16-13-8-7-12(10-13)15(16)17(20)21/h11-13,15-16H,1-10H2,(H,18,19)(H,20,21). The second-order valence-electron chi connectivity index (χ2n) is 7.33. The highest BCUT2D eigenvalue weighted by molar-refractivity contribution is 5.78. The number of carboxylic acid groups (broad SMARTS) is 1. The first-order valence-electron chi connectivity index (χ1n) is 8.67. The van der Waals surface area contributed by atoms with Crippen molar-refractivity contribution in [2.24, 2.45) is 23.7 Å². The van der Waals surface area contributed by atoms with E-state index in [2.05, 4.69) is 5.32 Å². The number of carbonyl (C=O) groups excluding carboxylic acids is 1. The van der Waals surface area contributed by atoms with Crippen LogP contribution < -0.4 is 5.32 Å². The van der Waals surface area contributed by atoms with Crippen molar-refractivity contribution in [3.05, 3.63) is 0 Å². The Kier molecular flexibility index (Phi) is 4.51. The second kappa shape index (κ2) is 6.37. The molecule has 0 spiro atoms. The Morgan fingerprint density at radius 1 is 1.00 bits per heavy atom. The molecule has 0 radical (unpaired) electrons. The molecule has 0 aromatic rings. The van der Waals surface area contributed by atoms with Crippen LogP contribution in [0, 0.1) is 23.7 Å². The number of hydrogen-bond acceptors (Lipinski definition) is 2. The molecular formula is C17H27NO3. The first-order valence-corrected chi connectivity index (χ1v) is 8.67. The van der Waals surface area contributed by atoms with Gasteiger partial charge in [0.2, 0.25) is 5.91 Å². The van der Waals surface area contributed by atoms with E-state index in [1.807, 2.05) is 0 Å². The first kappa shape index (κ1) is 14.9. The molecule has 21 heavy (non-hydrogen) atoms. The van der Waals surface area contributed by atoms with Gasteiger partial charge in [0.25, 0.3) is 0 Å². The molecule has 3 saturated carbocycles. The van der Waals surface area contributed by atoms with Crippen molar-refractivity contribution in [2.45, 2.75) is 70.3 Å². The molecule has 4 unspecified atom stereocenters. The summed E-state index contributed by atoms with van der Waals surface area (Å²) in [5.74, 6) is 0.400. The molecule has 3 fully saturated rings. The van der Waals surface area contributed by atoms with Gasteiger partial charge >= 0.3 is 5.97 Å². The number of carboxylic acids is 1. The van der Waals surface area contributed by atoms with Crippen LogP contribution in [0.25, 0.3) is 0 Å². The Labute approximate surface area is 126 Å². The van der Waals surface area contributed by atoms with Crippen molar-refractivity contribution >= 4 is 11.9 Å². The highest BCUT2D eigenvalue weighted by Gasteiger charge is 2.51. The summed E-state index contributed by atoms with van der Waals surface area (Å²) < 4.78 is 0. The topological polar surface area (TPSA) is 66.4 Å². The van der Waals surface area contributed by atoms with Crippen LogP contribution in [0.15, 0.2) is 0 Å². The Bertz CT molecular complexity index is 403. The fourth-order valence-corrected chi connectivity index (χ4v) is 4.92. The van der Waals surface area contributed by atoms with Crippen LogP contribution in [0.4, 0.5) is 0 Å². The van der Waals surface area contributed by atoms with Gasteiger partial charge in [-0.25, -0.2) is 0 Å². The largest absolute Gasteiger partial charge is 0.481 e. The zero-order valence-electron chi connectivity index (χ0n) is 12.7. The average molecular weight is 293 g/mol. The zero-order valence-corrected chi connectivity index (χ0v) is 12.7. The minimum absolute atomic E-state index is 0.0735. The van der Waals surface area contributed by atoms with E-state index >= 15 is 0 Å². The fraction of sp³-hybridized carbons (Fsp3) is 0.882. The summed E-state index contributed by atoms with van der Waals surface area (Å²) in [5.41, 5.74) is 0. The molecular weight excluding hydrogens is 266 g/mol. The van der Waals surface area contributed by atoms with Gasteiger partial charge in [0.1, 0.15) is 0 Å². The summed E-state index contributed by atoms with van der Waals surface area (Å²) in [6.07, 6.45) is 11.1. The minimum Gasteiger partial charge on any atom is -0.481 e. The van der Waals surface area contributed by atoms with Gasteiger partial charge in [-0.1, -0.05) is 32.1 Å². The molecule has 1 amide bonds. The summed E-state index contributed by atoms with van der Waals surface area (Å²) in [6, 6.07) is -0.111. The van der Waals surface area contributed by atoms with E-state index in [0.29, 0.717) is 18.3 Å². The maximum atomic E-state index is 12.2. The molecule has 0 saturated heterocycles. The summed E-state index contributed by atoms with van der Waals surface area (Å²) >= 11 is 0. The molecule has 0 aromatic carbocycles. The SMILES string of the molecule is O=C(CCC1CCCCC1)NC1C2CCC(C2)C1C(=O)O. The van der Waals surface area contributed by atoms with Crippen molar-refractivity contribution in [2.75, 3.05) is 0 Å². The van der Waals surface area contributed by atoms with E-state index in [0.717, 1.165) is 25.7 Å². The molecule has 0 aliphatic heterocycles. The van der Waals surface area contributed by atoms with Crippen LogP contribution in [-0.4, -0.2) is 23.0 Å². The first-order chi connectivity index (χ1) is 10.1.